The Morgan fingerprint density at radius 3 is 2.83 bits per heavy atom. The van der Waals surface area contributed by atoms with E-state index in [4.69, 9.17) is 4.74 Å². The molecular weight excluding hydrogens is 271 g/mol. The number of carbonyl (C=O) groups is 1. The molecule has 0 radical (unpaired) electrons. The van der Waals surface area contributed by atoms with Gasteiger partial charge in [-0.25, -0.2) is 4.79 Å². The average molecular weight is 278 g/mol. The van der Waals surface area contributed by atoms with Crippen molar-refractivity contribution in [3.05, 3.63) is 29.8 Å². The van der Waals surface area contributed by atoms with Crippen molar-refractivity contribution < 1.29 is 12.6 Å². The Morgan fingerprint density at radius 1 is 1.50 bits per heavy atom. The van der Waals surface area contributed by atoms with Crippen LogP contribution in [0.15, 0.2) is 24.3 Å². The zero-order chi connectivity index (χ0) is 8.97. The van der Waals surface area contributed by atoms with E-state index in [0.717, 1.165) is 0 Å². The summed E-state index contributed by atoms with van der Waals surface area (Å²) in [6, 6.07) is 6.80. The van der Waals surface area contributed by atoms with Crippen molar-refractivity contribution in [2.24, 2.45) is 0 Å². The molecule has 1 rings (SSSR count). The van der Waals surface area contributed by atoms with Crippen molar-refractivity contribution in [2.45, 2.75) is 0 Å². The highest BCUT2D eigenvalue weighted by molar-refractivity contribution is 14.1. The van der Waals surface area contributed by atoms with Crippen molar-refractivity contribution >= 4 is 29.0 Å². The molecule has 4 heteroatoms. The molecule has 1 aromatic carbocycles. The van der Waals surface area contributed by atoms with E-state index in [1.807, 2.05) is 0 Å². The first-order valence-electron chi connectivity index (χ1n) is 3.25. The maximum atomic E-state index is 11.0. The molecule has 64 valence electrons. The molecule has 1 aromatic rings. The highest BCUT2D eigenvalue weighted by Crippen LogP contribution is 2.13. The maximum Gasteiger partial charge on any atom is 0.347 e. The highest BCUT2D eigenvalue weighted by Gasteiger charge is 2.05. The van der Waals surface area contributed by atoms with Crippen molar-refractivity contribution in [1.29, 1.82) is 0 Å². The Morgan fingerprint density at radius 2 is 2.25 bits per heavy atom. The average Bonchev–Trinajstić information content (AvgIpc) is 2.17. The van der Waals surface area contributed by atoms with Crippen molar-refractivity contribution in [2.75, 3.05) is 7.11 Å². The summed E-state index contributed by atoms with van der Waals surface area (Å²) >= 11 is 1.55. The van der Waals surface area contributed by atoms with Gasteiger partial charge in [0.25, 0.3) is 0 Å². The first kappa shape index (κ1) is 9.31. The molecule has 0 aliphatic rings. The molecule has 0 saturated carbocycles. The maximum absolute atomic E-state index is 11.0. The summed E-state index contributed by atoms with van der Waals surface area (Å²) in [5.74, 6) is 0.281. The molecule has 0 N–H and O–H groups in total. The number of rotatable bonds is 2. The Bertz CT molecular complexity index is 285. The fourth-order valence-electron chi connectivity index (χ4n) is 0.795. The number of benzene rings is 1. The lowest BCUT2D eigenvalue weighted by Gasteiger charge is -2.00. The number of hydrogen-bond donors (Lipinski definition) is 0. The molecule has 0 bridgehead atoms. The summed E-state index contributed by atoms with van der Waals surface area (Å²) in [6.07, 6.45) is 0. The van der Waals surface area contributed by atoms with Crippen LogP contribution in [0.25, 0.3) is 0 Å². The normalized spacial score (nSPS) is 9.17. The Kier molecular flexibility index (Phi) is 3.33. The van der Waals surface area contributed by atoms with Crippen LogP contribution in [0.3, 0.4) is 0 Å². The van der Waals surface area contributed by atoms with E-state index in [9.17, 15) is 4.79 Å². The summed E-state index contributed by atoms with van der Waals surface area (Å²) in [7, 11) is 1.55. The van der Waals surface area contributed by atoms with Crippen LogP contribution >= 0.6 is 23.0 Å². The third-order valence-electron chi connectivity index (χ3n) is 1.38. The summed E-state index contributed by atoms with van der Waals surface area (Å²) in [6.45, 7) is 0. The Hall–Kier alpha value is -0.780. The highest BCUT2D eigenvalue weighted by atomic mass is 127. The van der Waals surface area contributed by atoms with E-state index in [-0.39, 0.29) is 5.97 Å². The van der Waals surface area contributed by atoms with Crippen molar-refractivity contribution in [3.63, 3.8) is 0 Å². The zero-order valence-electron chi connectivity index (χ0n) is 6.41. The van der Waals surface area contributed by atoms with Crippen LogP contribution in [0.2, 0.25) is 0 Å². The van der Waals surface area contributed by atoms with E-state index in [1.54, 1.807) is 54.4 Å². The molecule has 0 aromatic heterocycles. The lowest BCUT2D eigenvalue weighted by Crippen LogP contribution is -1.97. The summed E-state index contributed by atoms with van der Waals surface area (Å²) in [5, 5.41) is 0. The minimum atomic E-state index is -0.366. The van der Waals surface area contributed by atoms with Gasteiger partial charge in [-0.3, -0.25) is 0 Å². The van der Waals surface area contributed by atoms with Gasteiger partial charge in [-0.05, 0) is 18.2 Å². The largest absolute Gasteiger partial charge is 0.497 e. The standard InChI is InChI=1S/C8H7IO3/c1-11-7-4-2-3-6(5-7)8(10)12-9/h2-5H,1H3. The fourth-order valence-corrected chi connectivity index (χ4v) is 1.05. The van der Waals surface area contributed by atoms with Crippen LogP contribution < -0.4 is 4.74 Å². The van der Waals surface area contributed by atoms with Gasteiger partial charge in [0.15, 0.2) is 23.0 Å². The molecule has 0 aliphatic carbocycles. The first-order chi connectivity index (χ1) is 5.77. The SMILES string of the molecule is COc1cccc(C(=O)OI)c1. The molecule has 0 amide bonds. The van der Waals surface area contributed by atoms with Gasteiger partial charge in [-0.15, -0.1) is 0 Å². The first-order valence-corrected chi connectivity index (χ1v) is 4.13. The lowest BCUT2D eigenvalue weighted by atomic mass is 10.2. The second kappa shape index (κ2) is 4.30. The molecular formula is C8H7IO3. The predicted octanol–water partition coefficient (Wildman–Crippen LogP) is 2.20. The van der Waals surface area contributed by atoms with Gasteiger partial charge in [0.05, 0.1) is 12.7 Å². The second-order valence-electron chi connectivity index (χ2n) is 2.10. The minimum Gasteiger partial charge on any atom is -0.497 e. The molecule has 0 saturated heterocycles. The van der Waals surface area contributed by atoms with Gasteiger partial charge in [-0.2, -0.15) is 0 Å². The van der Waals surface area contributed by atoms with E-state index in [0.29, 0.717) is 11.3 Å². The van der Waals surface area contributed by atoms with Crippen LogP contribution in [0.5, 0.6) is 5.75 Å². The van der Waals surface area contributed by atoms with Gasteiger partial charge >= 0.3 is 5.97 Å². The molecule has 0 heterocycles. The van der Waals surface area contributed by atoms with Crippen LogP contribution in [-0.4, -0.2) is 13.1 Å². The third-order valence-corrected chi connectivity index (χ3v) is 1.78. The fraction of sp³-hybridized carbons (Fsp3) is 0.125. The quantitative estimate of drug-likeness (QED) is 0.778. The lowest BCUT2D eigenvalue weighted by molar-refractivity contribution is 0.0800. The van der Waals surface area contributed by atoms with Crippen molar-refractivity contribution in [1.82, 2.24) is 0 Å². The van der Waals surface area contributed by atoms with Gasteiger partial charge in [0.1, 0.15) is 5.75 Å². The number of ether oxygens (including phenoxy) is 1. The smallest absolute Gasteiger partial charge is 0.347 e. The Labute approximate surface area is 84.4 Å². The number of halogens is 1. The number of methoxy groups -OCH3 is 1. The van der Waals surface area contributed by atoms with E-state index < -0.39 is 0 Å². The molecule has 0 fully saturated rings. The van der Waals surface area contributed by atoms with Crippen LogP contribution in [0.4, 0.5) is 0 Å². The second-order valence-corrected chi connectivity index (χ2v) is 2.54. The van der Waals surface area contributed by atoms with Gasteiger partial charge in [0.2, 0.25) is 0 Å². The van der Waals surface area contributed by atoms with Gasteiger partial charge < -0.3 is 7.80 Å². The van der Waals surface area contributed by atoms with Gasteiger partial charge in [0, 0.05) is 0 Å². The van der Waals surface area contributed by atoms with Crippen LogP contribution in [0.1, 0.15) is 10.4 Å². The number of hydrogen-bond acceptors (Lipinski definition) is 3. The molecule has 0 atom stereocenters. The molecule has 0 spiro atoms. The number of carbonyl (C=O) groups excluding carboxylic acids is 1. The molecule has 12 heavy (non-hydrogen) atoms. The zero-order valence-corrected chi connectivity index (χ0v) is 8.57. The molecule has 3 nitrogen and oxygen atoms in total. The van der Waals surface area contributed by atoms with Crippen LogP contribution in [0, 0.1) is 0 Å². The van der Waals surface area contributed by atoms with E-state index >= 15 is 0 Å². The summed E-state index contributed by atoms with van der Waals surface area (Å²) in [5.41, 5.74) is 0.490. The topological polar surface area (TPSA) is 35.5 Å². The van der Waals surface area contributed by atoms with Gasteiger partial charge in [-0.1, -0.05) is 6.07 Å². The van der Waals surface area contributed by atoms with Crippen molar-refractivity contribution in [3.8, 4) is 5.75 Å². The third kappa shape index (κ3) is 2.10. The molecule has 0 unspecified atom stereocenters. The van der Waals surface area contributed by atoms with Crippen LogP contribution in [-0.2, 0) is 3.07 Å². The summed E-state index contributed by atoms with van der Waals surface area (Å²) < 4.78 is 9.45. The monoisotopic (exact) mass is 278 g/mol. The predicted molar refractivity (Wildman–Crippen MR) is 52.4 cm³/mol. The minimum absolute atomic E-state index is 0.366. The molecule has 0 aliphatic heterocycles. The van der Waals surface area contributed by atoms with E-state index in [2.05, 4.69) is 3.07 Å². The Balaban J connectivity index is 2.93. The summed E-state index contributed by atoms with van der Waals surface area (Å²) in [4.78, 5) is 11.0. The van der Waals surface area contributed by atoms with E-state index in [1.165, 1.54) is 0 Å².